The molecule has 0 spiro atoms. The molecule has 0 amide bonds. The third kappa shape index (κ3) is 2.41. The van der Waals surface area contributed by atoms with Gasteiger partial charge >= 0.3 is 0 Å². The first kappa shape index (κ1) is 12.7. The summed E-state index contributed by atoms with van der Waals surface area (Å²) in [6.07, 6.45) is 1.89. The van der Waals surface area contributed by atoms with E-state index in [4.69, 9.17) is 0 Å². The number of aryl methyl sites for hydroxylation is 1. The van der Waals surface area contributed by atoms with Crippen molar-refractivity contribution >= 4 is 0 Å². The summed E-state index contributed by atoms with van der Waals surface area (Å²) in [7, 11) is 0. The number of aliphatic hydroxyl groups excluding tert-OH is 1. The summed E-state index contributed by atoms with van der Waals surface area (Å²) in [5, 5.41) is 9.44. The van der Waals surface area contributed by atoms with Gasteiger partial charge in [-0.15, -0.1) is 0 Å². The molecule has 94 valence electrons. The SMILES string of the molecule is Cc1ncc(C(C)C)c(-c2ccccc2CO)n1. The molecule has 1 aromatic heterocycles. The first-order valence-electron chi connectivity index (χ1n) is 6.16. The maximum Gasteiger partial charge on any atom is 0.125 e. The van der Waals surface area contributed by atoms with Crippen LogP contribution in [0.4, 0.5) is 0 Å². The number of aliphatic hydroxyl groups is 1. The van der Waals surface area contributed by atoms with Crippen LogP contribution in [0.1, 0.15) is 36.7 Å². The molecule has 0 atom stereocenters. The lowest BCUT2D eigenvalue weighted by molar-refractivity contribution is 0.282. The lowest BCUT2D eigenvalue weighted by Crippen LogP contribution is -2.01. The standard InChI is InChI=1S/C15H18N2O/c1-10(2)14-8-16-11(3)17-15(14)13-7-5-4-6-12(13)9-18/h4-8,10,18H,9H2,1-3H3. The third-order valence-corrected chi connectivity index (χ3v) is 3.00. The molecule has 0 bridgehead atoms. The van der Waals surface area contributed by atoms with E-state index in [1.807, 2.05) is 37.4 Å². The largest absolute Gasteiger partial charge is 0.392 e. The van der Waals surface area contributed by atoms with Gasteiger partial charge in [0.15, 0.2) is 0 Å². The van der Waals surface area contributed by atoms with Crippen molar-refractivity contribution in [3.8, 4) is 11.3 Å². The maximum absolute atomic E-state index is 9.44. The molecule has 1 heterocycles. The Morgan fingerprint density at radius 2 is 1.94 bits per heavy atom. The Morgan fingerprint density at radius 1 is 1.22 bits per heavy atom. The molecule has 0 aliphatic heterocycles. The van der Waals surface area contributed by atoms with E-state index in [9.17, 15) is 5.11 Å². The van der Waals surface area contributed by atoms with E-state index < -0.39 is 0 Å². The molecule has 0 fully saturated rings. The summed E-state index contributed by atoms with van der Waals surface area (Å²) in [5.74, 6) is 1.11. The van der Waals surface area contributed by atoms with E-state index in [0.717, 1.165) is 28.2 Å². The minimum absolute atomic E-state index is 0.0246. The van der Waals surface area contributed by atoms with Gasteiger partial charge in [0.2, 0.25) is 0 Å². The van der Waals surface area contributed by atoms with Crippen LogP contribution in [-0.2, 0) is 6.61 Å². The van der Waals surface area contributed by atoms with Crippen LogP contribution < -0.4 is 0 Å². The molecule has 2 rings (SSSR count). The van der Waals surface area contributed by atoms with E-state index in [2.05, 4.69) is 23.8 Å². The molecule has 0 unspecified atom stereocenters. The van der Waals surface area contributed by atoms with Crippen molar-refractivity contribution in [3.63, 3.8) is 0 Å². The number of nitrogens with zero attached hydrogens (tertiary/aromatic N) is 2. The molecular weight excluding hydrogens is 224 g/mol. The number of rotatable bonds is 3. The minimum Gasteiger partial charge on any atom is -0.392 e. The van der Waals surface area contributed by atoms with Gasteiger partial charge in [-0.3, -0.25) is 0 Å². The van der Waals surface area contributed by atoms with Gasteiger partial charge in [-0.25, -0.2) is 9.97 Å². The van der Waals surface area contributed by atoms with Crippen LogP contribution in [0.3, 0.4) is 0 Å². The molecule has 0 saturated carbocycles. The zero-order valence-electron chi connectivity index (χ0n) is 11.0. The van der Waals surface area contributed by atoms with E-state index in [1.165, 1.54) is 0 Å². The van der Waals surface area contributed by atoms with Crippen LogP contribution in [0.25, 0.3) is 11.3 Å². The second-order valence-corrected chi connectivity index (χ2v) is 4.69. The molecule has 3 nitrogen and oxygen atoms in total. The van der Waals surface area contributed by atoms with Crippen LogP contribution >= 0.6 is 0 Å². The smallest absolute Gasteiger partial charge is 0.125 e. The van der Waals surface area contributed by atoms with E-state index in [1.54, 1.807) is 0 Å². The Labute approximate surface area is 108 Å². The average molecular weight is 242 g/mol. The molecule has 18 heavy (non-hydrogen) atoms. The van der Waals surface area contributed by atoms with Gasteiger partial charge in [-0.2, -0.15) is 0 Å². The molecule has 0 radical (unpaired) electrons. The highest BCUT2D eigenvalue weighted by atomic mass is 16.3. The Morgan fingerprint density at radius 3 is 2.61 bits per heavy atom. The Bertz CT molecular complexity index is 550. The van der Waals surface area contributed by atoms with Crippen molar-refractivity contribution in [2.45, 2.75) is 33.3 Å². The molecule has 3 heteroatoms. The van der Waals surface area contributed by atoms with Crippen molar-refractivity contribution < 1.29 is 5.11 Å². The van der Waals surface area contributed by atoms with Gasteiger partial charge < -0.3 is 5.11 Å². The Balaban J connectivity index is 2.65. The van der Waals surface area contributed by atoms with Crippen molar-refractivity contribution in [2.24, 2.45) is 0 Å². The average Bonchev–Trinajstić information content (AvgIpc) is 2.38. The quantitative estimate of drug-likeness (QED) is 0.899. The monoisotopic (exact) mass is 242 g/mol. The highest BCUT2D eigenvalue weighted by Gasteiger charge is 2.13. The predicted molar refractivity (Wildman–Crippen MR) is 72.2 cm³/mol. The van der Waals surface area contributed by atoms with Gasteiger partial charge in [0.05, 0.1) is 12.3 Å². The van der Waals surface area contributed by atoms with Crippen LogP contribution in [-0.4, -0.2) is 15.1 Å². The normalized spacial score (nSPS) is 10.9. The lowest BCUT2D eigenvalue weighted by atomic mass is 9.96. The fraction of sp³-hybridized carbons (Fsp3) is 0.333. The molecule has 0 aliphatic carbocycles. The van der Waals surface area contributed by atoms with E-state index in [0.29, 0.717) is 5.92 Å². The van der Waals surface area contributed by atoms with E-state index >= 15 is 0 Å². The molecule has 2 aromatic rings. The highest BCUT2D eigenvalue weighted by molar-refractivity contribution is 5.67. The van der Waals surface area contributed by atoms with E-state index in [-0.39, 0.29) is 6.61 Å². The second kappa shape index (κ2) is 5.27. The fourth-order valence-electron chi connectivity index (χ4n) is 2.01. The third-order valence-electron chi connectivity index (χ3n) is 3.00. The van der Waals surface area contributed by atoms with Crippen molar-refractivity contribution in [1.29, 1.82) is 0 Å². The summed E-state index contributed by atoms with van der Waals surface area (Å²) >= 11 is 0. The molecule has 0 saturated heterocycles. The molecular formula is C15H18N2O. The fourth-order valence-corrected chi connectivity index (χ4v) is 2.01. The highest BCUT2D eigenvalue weighted by Crippen LogP contribution is 2.29. The van der Waals surface area contributed by atoms with Crippen molar-refractivity contribution in [3.05, 3.63) is 47.4 Å². The van der Waals surface area contributed by atoms with Crippen LogP contribution in [0, 0.1) is 6.92 Å². The van der Waals surface area contributed by atoms with Crippen molar-refractivity contribution in [1.82, 2.24) is 9.97 Å². The second-order valence-electron chi connectivity index (χ2n) is 4.69. The summed E-state index contributed by atoms with van der Waals surface area (Å²) in [4.78, 5) is 8.82. The predicted octanol–water partition coefficient (Wildman–Crippen LogP) is 3.07. The van der Waals surface area contributed by atoms with Crippen molar-refractivity contribution in [2.75, 3.05) is 0 Å². The zero-order valence-corrected chi connectivity index (χ0v) is 11.0. The number of aromatic nitrogens is 2. The van der Waals surface area contributed by atoms with Crippen LogP contribution in [0.15, 0.2) is 30.5 Å². The van der Waals surface area contributed by atoms with Gasteiger partial charge in [-0.1, -0.05) is 38.1 Å². The van der Waals surface area contributed by atoms with Gasteiger partial charge in [-0.05, 0) is 24.0 Å². The first-order chi connectivity index (χ1) is 8.63. The van der Waals surface area contributed by atoms with Gasteiger partial charge in [0.25, 0.3) is 0 Å². The Kier molecular flexibility index (Phi) is 3.72. The first-order valence-corrected chi connectivity index (χ1v) is 6.16. The molecule has 0 aliphatic rings. The van der Waals surface area contributed by atoms with Crippen LogP contribution in [0.2, 0.25) is 0 Å². The lowest BCUT2D eigenvalue weighted by Gasteiger charge is -2.14. The molecule has 1 aromatic carbocycles. The summed E-state index contributed by atoms with van der Waals surface area (Å²) < 4.78 is 0. The van der Waals surface area contributed by atoms with Gasteiger partial charge in [0, 0.05) is 11.8 Å². The van der Waals surface area contributed by atoms with Crippen LogP contribution in [0.5, 0.6) is 0 Å². The number of hydrogen-bond donors (Lipinski definition) is 1. The summed E-state index contributed by atoms with van der Waals surface area (Å²) in [6, 6.07) is 7.82. The zero-order chi connectivity index (χ0) is 13.1. The summed E-state index contributed by atoms with van der Waals surface area (Å²) in [5.41, 5.74) is 3.94. The molecule has 1 N–H and O–H groups in total. The van der Waals surface area contributed by atoms with Gasteiger partial charge in [0.1, 0.15) is 5.82 Å². The topological polar surface area (TPSA) is 46.0 Å². The number of hydrogen-bond acceptors (Lipinski definition) is 3. The Hall–Kier alpha value is -1.74. The number of benzene rings is 1. The maximum atomic E-state index is 9.44. The minimum atomic E-state index is 0.0246. The summed E-state index contributed by atoms with van der Waals surface area (Å²) in [6.45, 7) is 6.16.